The largest absolute Gasteiger partial charge is 0.379 e. The first-order valence-electron chi connectivity index (χ1n) is 14.6. The SMILES string of the molecule is C#CCOCCOCCOCCOCCC(=O)N1CCC2(CC1)CC(C(=N)N(C(C)=N)C1CC3CCC1N3)C2. The molecule has 10 heteroatoms. The second kappa shape index (κ2) is 14.6. The van der Waals surface area contributed by atoms with Crippen LogP contribution in [-0.2, 0) is 23.7 Å². The Labute approximate surface area is 233 Å². The van der Waals surface area contributed by atoms with Crippen LogP contribution in [-0.4, -0.2) is 111 Å². The molecule has 3 aliphatic heterocycles. The van der Waals surface area contributed by atoms with Crippen LogP contribution in [0.5, 0.6) is 0 Å². The molecule has 0 aromatic carbocycles. The predicted octanol–water partition coefficient (Wildman–Crippen LogP) is 2.26. The summed E-state index contributed by atoms with van der Waals surface area (Å²) in [6, 6.07) is 1.25. The Bertz CT molecular complexity index is 876. The van der Waals surface area contributed by atoms with Crippen LogP contribution < -0.4 is 5.32 Å². The zero-order valence-electron chi connectivity index (χ0n) is 23.6. The number of fused-ring (bicyclic) bond motifs is 2. The molecule has 2 bridgehead atoms. The van der Waals surface area contributed by atoms with E-state index in [0.29, 0.717) is 83.0 Å². The van der Waals surface area contributed by atoms with Gasteiger partial charge in [0.1, 0.15) is 12.4 Å². The molecule has 4 rings (SSSR count). The Hall–Kier alpha value is -2.03. The van der Waals surface area contributed by atoms with Crippen LogP contribution in [0, 0.1) is 34.5 Å². The number of likely N-dealkylation sites (tertiary alicyclic amines) is 1. The van der Waals surface area contributed by atoms with E-state index in [0.717, 1.165) is 51.6 Å². The van der Waals surface area contributed by atoms with Crippen molar-refractivity contribution in [1.82, 2.24) is 15.1 Å². The van der Waals surface area contributed by atoms with Crippen molar-refractivity contribution in [1.29, 1.82) is 10.8 Å². The lowest BCUT2D eigenvalue weighted by molar-refractivity contribution is -0.136. The van der Waals surface area contributed by atoms with Gasteiger partial charge in [0.25, 0.3) is 0 Å². The second-order valence-corrected chi connectivity index (χ2v) is 11.5. The van der Waals surface area contributed by atoms with Crippen molar-refractivity contribution in [2.75, 3.05) is 65.9 Å². The van der Waals surface area contributed by atoms with E-state index in [2.05, 4.69) is 11.2 Å². The molecular formula is C29H47N5O5. The molecule has 0 aromatic heterocycles. The maximum atomic E-state index is 12.7. The summed E-state index contributed by atoms with van der Waals surface area (Å²) in [5.74, 6) is 3.94. The lowest BCUT2D eigenvalue weighted by Crippen LogP contribution is -2.56. The first-order chi connectivity index (χ1) is 18.9. The maximum absolute atomic E-state index is 12.7. The van der Waals surface area contributed by atoms with Crippen LogP contribution in [0.25, 0.3) is 0 Å². The number of carbonyl (C=O) groups is 1. The van der Waals surface area contributed by atoms with Crippen LogP contribution in [0.2, 0.25) is 0 Å². The van der Waals surface area contributed by atoms with Gasteiger partial charge >= 0.3 is 0 Å². The summed E-state index contributed by atoms with van der Waals surface area (Å²) in [5.41, 5.74) is 0.258. The molecule has 3 saturated heterocycles. The summed E-state index contributed by atoms with van der Waals surface area (Å²) >= 11 is 0. The van der Waals surface area contributed by atoms with Crippen molar-refractivity contribution in [2.24, 2.45) is 11.3 Å². The van der Waals surface area contributed by atoms with E-state index in [9.17, 15) is 4.79 Å². The van der Waals surface area contributed by atoms with Gasteiger partial charge in [0.15, 0.2) is 0 Å². The Morgan fingerprint density at radius 1 is 1.00 bits per heavy atom. The first-order valence-corrected chi connectivity index (χ1v) is 14.6. The molecule has 4 aliphatic rings. The van der Waals surface area contributed by atoms with E-state index in [4.69, 9.17) is 36.2 Å². The summed E-state index contributed by atoms with van der Waals surface area (Å²) in [7, 11) is 0. The third kappa shape index (κ3) is 8.01. The van der Waals surface area contributed by atoms with Crippen LogP contribution in [0.1, 0.15) is 58.3 Å². The number of rotatable bonds is 15. The number of amides is 1. The maximum Gasteiger partial charge on any atom is 0.224 e. The predicted molar refractivity (Wildman–Crippen MR) is 149 cm³/mol. The van der Waals surface area contributed by atoms with Gasteiger partial charge in [0.2, 0.25) is 5.91 Å². The summed E-state index contributed by atoms with van der Waals surface area (Å²) in [6.07, 6.45) is 13.0. The molecule has 3 N–H and O–H groups in total. The number of amidine groups is 2. The van der Waals surface area contributed by atoms with Gasteiger partial charge < -0.3 is 34.1 Å². The number of carbonyl (C=O) groups excluding carboxylic acids is 1. The quantitative estimate of drug-likeness (QED) is 0.125. The van der Waals surface area contributed by atoms with Gasteiger partial charge in [0, 0.05) is 31.1 Å². The number of terminal acetylenes is 1. The highest BCUT2D eigenvalue weighted by molar-refractivity contribution is 5.99. The van der Waals surface area contributed by atoms with Crippen LogP contribution >= 0.6 is 0 Å². The van der Waals surface area contributed by atoms with E-state index in [1.54, 1.807) is 0 Å². The van der Waals surface area contributed by atoms with Crippen LogP contribution in [0.15, 0.2) is 0 Å². The van der Waals surface area contributed by atoms with E-state index in [1.807, 2.05) is 16.7 Å². The average molecular weight is 546 g/mol. The van der Waals surface area contributed by atoms with Gasteiger partial charge in [-0.2, -0.15) is 0 Å². The highest BCUT2D eigenvalue weighted by Gasteiger charge is 2.51. The number of nitrogens with zero attached hydrogens (tertiary/aromatic N) is 2. The number of ether oxygens (including phenoxy) is 4. The van der Waals surface area contributed by atoms with Gasteiger partial charge in [-0.15, -0.1) is 6.42 Å². The number of nitrogens with one attached hydrogen (secondary N) is 3. The molecule has 0 radical (unpaired) electrons. The topological polar surface area (TPSA) is 120 Å². The van der Waals surface area contributed by atoms with Crippen LogP contribution in [0.4, 0.5) is 0 Å². The minimum atomic E-state index is 0.157. The average Bonchev–Trinajstić information content (AvgIpc) is 3.53. The smallest absolute Gasteiger partial charge is 0.224 e. The Balaban J connectivity index is 1.04. The fourth-order valence-corrected chi connectivity index (χ4v) is 6.81. The molecule has 3 heterocycles. The lowest BCUT2D eigenvalue weighted by Gasteiger charge is -2.54. The van der Waals surface area contributed by atoms with Crippen molar-refractivity contribution in [3.05, 3.63) is 0 Å². The summed E-state index contributed by atoms with van der Waals surface area (Å²) < 4.78 is 21.5. The van der Waals surface area contributed by atoms with Gasteiger partial charge in [-0.05, 0) is 57.3 Å². The number of hydrogen-bond acceptors (Lipinski definition) is 8. The zero-order chi connectivity index (χ0) is 27.7. The Morgan fingerprint density at radius 3 is 2.15 bits per heavy atom. The zero-order valence-corrected chi connectivity index (χ0v) is 23.6. The molecule has 4 fully saturated rings. The molecular weight excluding hydrogens is 498 g/mol. The number of hydrogen-bond donors (Lipinski definition) is 3. The molecule has 10 nitrogen and oxygen atoms in total. The van der Waals surface area contributed by atoms with Gasteiger partial charge in [0.05, 0.1) is 64.5 Å². The third-order valence-electron chi connectivity index (χ3n) is 8.90. The van der Waals surface area contributed by atoms with E-state index < -0.39 is 0 Å². The number of piperidine rings is 1. The second-order valence-electron chi connectivity index (χ2n) is 11.5. The molecule has 1 spiro atoms. The summed E-state index contributed by atoms with van der Waals surface area (Å²) in [5, 5.41) is 21.0. The lowest BCUT2D eigenvalue weighted by atomic mass is 9.57. The fraction of sp³-hybridized carbons (Fsp3) is 0.828. The minimum Gasteiger partial charge on any atom is -0.379 e. The molecule has 1 aliphatic carbocycles. The molecule has 3 unspecified atom stereocenters. The molecule has 1 saturated carbocycles. The molecule has 1 amide bonds. The van der Waals surface area contributed by atoms with Crippen molar-refractivity contribution >= 4 is 17.6 Å². The standard InChI is InChI=1S/C29H47N5O5/c1-3-11-36-13-15-38-17-18-39-16-14-37-12-6-27(35)33-9-7-29(8-10-33)20-23(21-29)28(31)34(22(2)30)26-19-24-4-5-25(26)32-24/h1,23-26,30-32H,4-21H2,2H3. The minimum absolute atomic E-state index is 0.157. The Kier molecular flexibility index (Phi) is 11.2. The van der Waals surface area contributed by atoms with E-state index in [-0.39, 0.29) is 23.3 Å². The highest BCUT2D eigenvalue weighted by Crippen LogP contribution is 2.53. The monoisotopic (exact) mass is 545 g/mol. The molecule has 218 valence electrons. The summed E-state index contributed by atoms with van der Waals surface area (Å²) in [6.45, 7) is 7.01. The van der Waals surface area contributed by atoms with Gasteiger partial charge in [-0.1, -0.05) is 5.92 Å². The fourth-order valence-electron chi connectivity index (χ4n) is 6.81. The van der Waals surface area contributed by atoms with Gasteiger partial charge in [-0.3, -0.25) is 15.6 Å². The Morgan fingerprint density at radius 2 is 1.62 bits per heavy atom. The van der Waals surface area contributed by atoms with Gasteiger partial charge in [-0.25, -0.2) is 0 Å². The van der Waals surface area contributed by atoms with Crippen LogP contribution in [0.3, 0.4) is 0 Å². The first kappa shape index (κ1) is 29.9. The highest BCUT2D eigenvalue weighted by atomic mass is 16.6. The molecule has 0 aromatic rings. The van der Waals surface area contributed by atoms with E-state index >= 15 is 0 Å². The van der Waals surface area contributed by atoms with E-state index in [1.165, 1.54) is 6.42 Å². The van der Waals surface area contributed by atoms with Crippen molar-refractivity contribution < 1.29 is 23.7 Å². The molecule has 39 heavy (non-hydrogen) atoms. The van der Waals surface area contributed by atoms with Crippen molar-refractivity contribution in [3.63, 3.8) is 0 Å². The molecule has 3 atom stereocenters. The normalized spacial score (nSPS) is 25.4. The summed E-state index contributed by atoms with van der Waals surface area (Å²) in [4.78, 5) is 16.7. The van der Waals surface area contributed by atoms with Crippen molar-refractivity contribution in [3.8, 4) is 12.3 Å². The third-order valence-corrected chi connectivity index (χ3v) is 8.90. The van der Waals surface area contributed by atoms with Crippen molar-refractivity contribution in [2.45, 2.75) is 76.4 Å².